The Morgan fingerprint density at radius 2 is 2.35 bits per heavy atom. The van der Waals surface area contributed by atoms with Crippen molar-refractivity contribution < 1.29 is 4.74 Å². The molecule has 17 heavy (non-hydrogen) atoms. The monoisotopic (exact) mass is 232 g/mol. The molecule has 1 saturated heterocycles. The van der Waals surface area contributed by atoms with Crippen LogP contribution in [0.4, 0.5) is 5.95 Å². The first-order valence-corrected chi connectivity index (χ1v) is 5.49. The van der Waals surface area contributed by atoms with E-state index in [-0.39, 0.29) is 5.56 Å². The van der Waals surface area contributed by atoms with Crippen molar-refractivity contribution in [1.82, 2.24) is 15.0 Å². The smallest absolute Gasteiger partial charge is 0.249 e. The minimum Gasteiger partial charge on any atom is -0.381 e. The van der Waals surface area contributed by atoms with Crippen LogP contribution in [0.5, 0.6) is 0 Å². The molecule has 6 heteroatoms. The van der Waals surface area contributed by atoms with Gasteiger partial charge in [-0.15, -0.1) is 0 Å². The topological polar surface area (TPSA) is 79.9 Å². The van der Waals surface area contributed by atoms with Crippen molar-refractivity contribution in [3.8, 4) is 0 Å². The molecule has 3 rings (SSSR count). The predicted molar refractivity (Wildman–Crippen MR) is 63.0 cm³/mol. The molecule has 2 aromatic heterocycles. The zero-order valence-corrected chi connectivity index (χ0v) is 9.14. The highest BCUT2D eigenvalue weighted by atomic mass is 16.5. The normalized spacial score (nSPS) is 15.8. The number of aromatic amines is 1. The number of rotatable bonds is 3. The highest BCUT2D eigenvalue weighted by molar-refractivity contribution is 5.74. The second-order valence-electron chi connectivity index (χ2n) is 4.10. The maximum atomic E-state index is 11.2. The fourth-order valence-electron chi connectivity index (χ4n) is 1.66. The summed E-state index contributed by atoms with van der Waals surface area (Å²) in [6, 6.07) is 3.17. The Morgan fingerprint density at radius 3 is 3.12 bits per heavy atom. The highest BCUT2D eigenvalue weighted by Gasteiger charge is 2.18. The number of nitrogens with zero attached hydrogens (tertiary/aromatic N) is 2. The van der Waals surface area contributed by atoms with Crippen LogP contribution in [0, 0.1) is 5.92 Å². The van der Waals surface area contributed by atoms with Gasteiger partial charge >= 0.3 is 0 Å². The van der Waals surface area contributed by atoms with Crippen LogP contribution in [0.1, 0.15) is 0 Å². The Morgan fingerprint density at radius 1 is 1.47 bits per heavy atom. The van der Waals surface area contributed by atoms with Gasteiger partial charge in [0.25, 0.3) is 0 Å². The molecule has 0 unspecified atom stereocenters. The Hall–Kier alpha value is -1.95. The van der Waals surface area contributed by atoms with Crippen molar-refractivity contribution in [3.05, 3.63) is 28.7 Å². The second kappa shape index (κ2) is 4.14. The summed E-state index contributed by atoms with van der Waals surface area (Å²) in [4.78, 5) is 22.3. The molecule has 6 nitrogen and oxygen atoms in total. The Labute approximate surface area is 97.1 Å². The summed E-state index contributed by atoms with van der Waals surface area (Å²) in [5.74, 6) is 1.07. The van der Waals surface area contributed by atoms with Gasteiger partial charge in [-0.1, -0.05) is 0 Å². The molecule has 0 aliphatic carbocycles. The molecule has 88 valence electrons. The van der Waals surface area contributed by atoms with Gasteiger partial charge in [0.05, 0.1) is 13.2 Å². The highest BCUT2D eigenvalue weighted by Crippen LogP contribution is 2.12. The maximum absolute atomic E-state index is 11.2. The summed E-state index contributed by atoms with van der Waals surface area (Å²) in [6.07, 6.45) is 1.69. The van der Waals surface area contributed by atoms with Gasteiger partial charge in [-0.2, -0.15) is 4.98 Å². The van der Waals surface area contributed by atoms with Crippen molar-refractivity contribution in [1.29, 1.82) is 0 Å². The first-order valence-electron chi connectivity index (χ1n) is 5.49. The van der Waals surface area contributed by atoms with Crippen molar-refractivity contribution in [2.45, 2.75) is 0 Å². The minimum absolute atomic E-state index is 0.158. The average Bonchev–Trinajstić information content (AvgIpc) is 2.26. The number of nitrogens with one attached hydrogen (secondary N) is 2. The van der Waals surface area contributed by atoms with Gasteiger partial charge < -0.3 is 15.0 Å². The summed E-state index contributed by atoms with van der Waals surface area (Å²) in [5.41, 5.74) is 0.398. The number of hydrogen-bond donors (Lipinski definition) is 2. The number of hydrogen-bond acceptors (Lipinski definition) is 5. The summed E-state index contributed by atoms with van der Waals surface area (Å²) >= 11 is 0. The molecule has 0 saturated carbocycles. The first-order chi connectivity index (χ1) is 8.31. The molecule has 0 atom stereocenters. The van der Waals surface area contributed by atoms with Crippen LogP contribution in [-0.2, 0) is 4.74 Å². The molecule has 0 spiro atoms. The van der Waals surface area contributed by atoms with Gasteiger partial charge in [-0.3, -0.25) is 4.79 Å². The van der Waals surface area contributed by atoms with Crippen LogP contribution in [0.25, 0.3) is 11.0 Å². The number of anilines is 1. The van der Waals surface area contributed by atoms with E-state index < -0.39 is 0 Å². The maximum Gasteiger partial charge on any atom is 0.249 e. The van der Waals surface area contributed by atoms with Crippen LogP contribution in [0.3, 0.4) is 0 Å². The molecular weight excluding hydrogens is 220 g/mol. The van der Waals surface area contributed by atoms with Crippen LogP contribution in [0.2, 0.25) is 0 Å². The molecule has 1 fully saturated rings. The third kappa shape index (κ3) is 2.12. The lowest BCUT2D eigenvalue weighted by molar-refractivity contribution is -0.0249. The van der Waals surface area contributed by atoms with Crippen LogP contribution >= 0.6 is 0 Å². The van der Waals surface area contributed by atoms with E-state index in [0.717, 1.165) is 25.1 Å². The summed E-state index contributed by atoms with van der Waals surface area (Å²) in [7, 11) is 0. The SMILES string of the molecule is O=c1ccc2cnc(NCC3COC3)nc2[nH]1. The van der Waals surface area contributed by atoms with E-state index in [4.69, 9.17) is 4.74 Å². The van der Waals surface area contributed by atoms with Gasteiger partial charge in [-0.05, 0) is 6.07 Å². The minimum atomic E-state index is -0.158. The predicted octanol–water partition coefficient (Wildman–Crippen LogP) is 0.376. The Kier molecular flexibility index (Phi) is 2.49. The number of ether oxygens (including phenoxy) is 1. The first kappa shape index (κ1) is 10.2. The van der Waals surface area contributed by atoms with E-state index in [0.29, 0.717) is 17.5 Å². The van der Waals surface area contributed by atoms with Crippen molar-refractivity contribution in [2.24, 2.45) is 5.92 Å². The molecule has 3 heterocycles. The van der Waals surface area contributed by atoms with E-state index in [1.807, 2.05) is 0 Å². The van der Waals surface area contributed by atoms with Crippen molar-refractivity contribution in [3.63, 3.8) is 0 Å². The quantitative estimate of drug-likeness (QED) is 0.799. The molecule has 1 aliphatic heterocycles. The van der Waals surface area contributed by atoms with Gasteiger partial charge in [0.1, 0.15) is 5.65 Å². The number of H-pyrrole nitrogens is 1. The van der Waals surface area contributed by atoms with Crippen LogP contribution < -0.4 is 10.9 Å². The summed E-state index contributed by atoms with van der Waals surface area (Å²) in [5, 5.41) is 3.96. The number of aromatic nitrogens is 3. The third-order valence-electron chi connectivity index (χ3n) is 2.73. The molecule has 2 N–H and O–H groups in total. The molecule has 0 bridgehead atoms. The largest absolute Gasteiger partial charge is 0.381 e. The Bertz CT molecular complexity index is 591. The van der Waals surface area contributed by atoms with Crippen LogP contribution in [0.15, 0.2) is 23.1 Å². The number of fused-ring (bicyclic) bond motifs is 1. The lowest BCUT2D eigenvalue weighted by Crippen LogP contribution is -2.33. The fraction of sp³-hybridized carbons (Fsp3) is 0.364. The average molecular weight is 232 g/mol. The zero-order chi connectivity index (χ0) is 11.7. The lowest BCUT2D eigenvalue weighted by atomic mass is 10.1. The zero-order valence-electron chi connectivity index (χ0n) is 9.14. The summed E-state index contributed by atoms with van der Waals surface area (Å²) < 4.78 is 5.08. The van der Waals surface area contributed by atoms with Crippen molar-refractivity contribution in [2.75, 3.05) is 25.1 Å². The molecule has 2 aromatic rings. The third-order valence-corrected chi connectivity index (χ3v) is 2.73. The molecule has 0 amide bonds. The van der Waals surface area contributed by atoms with E-state index >= 15 is 0 Å². The Balaban J connectivity index is 1.82. The molecule has 1 aliphatic rings. The lowest BCUT2D eigenvalue weighted by Gasteiger charge is -2.25. The van der Waals surface area contributed by atoms with Crippen molar-refractivity contribution >= 4 is 17.0 Å². The second-order valence-corrected chi connectivity index (χ2v) is 4.10. The van der Waals surface area contributed by atoms with Gasteiger partial charge in [0.15, 0.2) is 0 Å². The standard InChI is InChI=1S/C11H12N4O2/c16-9-2-1-8-4-13-11(15-10(8)14-9)12-3-7-5-17-6-7/h1-2,4,7H,3,5-6H2,(H2,12,13,14,15,16). The molecular formula is C11H12N4O2. The van der Waals surface area contributed by atoms with E-state index in [2.05, 4.69) is 20.3 Å². The fourth-order valence-corrected chi connectivity index (χ4v) is 1.66. The molecule has 0 radical (unpaired) electrons. The number of pyridine rings is 1. The molecule has 0 aromatic carbocycles. The van der Waals surface area contributed by atoms with Gasteiger partial charge in [0.2, 0.25) is 11.5 Å². The van der Waals surface area contributed by atoms with E-state index in [1.165, 1.54) is 6.07 Å². The van der Waals surface area contributed by atoms with Gasteiger partial charge in [0, 0.05) is 30.1 Å². The summed E-state index contributed by atoms with van der Waals surface area (Å²) in [6.45, 7) is 2.37. The van der Waals surface area contributed by atoms with E-state index in [1.54, 1.807) is 12.3 Å². The van der Waals surface area contributed by atoms with Crippen LogP contribution in [-0.4, -0.2) is 34.7 Å². The van der Waals surface area contributed by atoms with Gasteiger partial charge in [-0.25, -0.2) is 4.98 Å². The van der Waals surface area contributed by atoms with E-state index in [9.17, 15) is 4.79 Å².